The van der Waals surface area contributed by atoms with Gasteiger partial charge in [0, 0.05) is 11.6 Å². The van der Waals surface area contributed by atoms with Crippen LogP contribution in [0.3, 0.4) is 0 Å². The van der Waals surface area contributed by atoms with Crippen molar-refractivity contribution in [2.24, 2.45) is 0 Å². The number of rotatable bonds is 6. The SMILES string of the molecule is COC(=O)CN(Cc1noc(-c2ccccc2)n1)C(C)C. The molecule has 0 atom stereocenters. The van der Waals surface area contributed by atoms with Gasteiger partial charge in [-0.2, -0.15) is 4.98 Å². The van der Waals surface area contributed by atoms with Crippen LogP contribution in [0, 0.1) is 0 Å². The van der Waals surface area contributed by atoms with Gasteiger partial charge in [0.2, 0.25) is 0 Å². The molecule has 6 heteroatoms. The summed E-state index contributed by atoms with van der Waals surface area (Å²) < 4.78 is 9.96. The largest absolute Gasteiger partial charge is 0.468 e. The van der Waals surface area contributed by atoms with Crippen LogP contribution in [-0.4, -0.2) is 40.7 Å². The Labute approximate surface area is 123 Å². The Morgan fingerprint density at radius 3 is 2.67 bits per heavy atom. The molecule has 0 amide bonds. The number of carbonyl (C=O) groups excluding carboxylic acids is 1. The Morgan fingerprint density at radius 1 is 1.33 bits per heavy atom. The van der Waals surface area contributed by atoms with E-state index in [1.807, 2.05) is 49.1 Å². The Bertz CT molecular complexity index is 581. The summed E-state index contributed by atoms with van der Waals surface area (Å²) in [5.41, 5.74) is 0.875. The minimum Gasteiger partial charge on any atom is -0.468 e. The van der Waals surface area contributed by atoms with E-state index in [0.29, 0.717) is 18.3 Å². The summed E-state index contributed by atoms with van der Waals surface area (Å²) in [6.07, 6.45) is 0. The Hall–Kier alpha value is -2.21. The fourth-order valence-electron chi connectivity index (χ4n) is 1.85. The van der Waals surface area contributed by atoms with Crippen molar-refractivity contribution in [2.45, 2.75) is 26.4 Å². The van der Waals surface area contributed by atoms with Gasteiger partial charge in [-0.15, -0.1) is 0 Å². The van der Waals surface area contributed by atoms with Crippen molar-refractivity contribution in [3.8, 4) is 11.5 Å². The van der Waals surface area contributed by atoms with E-state index < -0.39 is 0 Å². The van der Waals surface area contributed by atoms with Crippen LogP contribution in [0.25, 0.3) is 11.5 Å². The van der Waals surface area contributed by atoms with Crippen molar-refractivity contribution in [1.82, 2.24) is 15.0 Å². The van der Waals surface area contributed by atoms with Crippen LogP contribution in [-0.2, 0) is 16.1 Å². The normalized spacial score (nSPS) is 11.1. The molecule has 2 aromatic rings. The van der Waals surface area contributed by atoms with E-state index >= 15 is 0 Å². The smallest absolute Gasteiger partial charge is 0.319 e. The van der Waals surface area contributed by atoms with Crippen LogP contribution in [0.2, 0.25) is 0 Å². The van der Waals surface area contributed by atoms with Gasteiger partial charge in [0.25, 0.3) is 5.89 Å². The van der Waals surface area contributed by atoms with Crippen molar-refractivity contribution in [2.75, 3.05) is 13.7 Å². The molecule has 2 rings (SSSR count). The standard InChI is InChI=1S/C15H19N3O3/c1-11(2)18(10-14(19)20-3)9-13-16-15(21-17-13)12-7-5-4-6-8-12/h4-8,11H,9-10H2,1-3H3. The average Bonchev–Trinajstić information content (AvgIpc) is 2.95. The van der Waals surface area contributed by atoms with Gasteiger partial charge in [0.1, 0.15) is 0 Å². The molecule has 6 nitrogen and oxygen atoms in total. The maximum absolute atomic E-state index is 11.4. The molecule has 0 spiro atoms. The third kappa shape index (κ3) is 4.13. The molecule has 112 valence electrons. The third-order valence-electron chi connectivity index (χ3n) is 3.12. The zero-order valence-corrected chi connectivity index (χ0v) is 12.4. The van der Waals surface area contributed by atoms with E-state index in [0.717, 1.165) is 5.56 Å². The highest BCUT2D eigenvalue weighted by Gasteiger charge is 2.18. The molecule has 0 unspecified atom stereocenters. The van der Waals surface area contributed by atoms with Gasteiger partial charge >= 0.3 is 5.97 Å². The van der Waals surface area contributed by atoms with Gasteiger partial charge in [-0.25, -0.2) is 0 Å². The Kier molecular flexibility index (Phi) is 5.05. The molecular weight excluding hydrogens is 270 g/mol. The van der Waals surface area contributed by atoms with Gasteiger partial charge in [0.05, 0.1) is 20.2 Å². The van der Waals surface area contributed by atoms with Crippen LogP contribution >= 0.6 is 0 Å². The number of benzene rings is 1. The predicted octanol–water partition coefficient (Wildman–Crippen LogP) is 2.12. The molecule has 0 saturated carbocycles. The maximum atomic E-state index is 11.4. The van der Waals surface area contributed by atoms with E-state index in [4.69, 9.17) is 9.26 Å². The Morgan fingerprint density at radius 2 is 2.05 bits per heavy atom. The van der Waals surface area contributed by atoms with Crippen LogP contribution in [0.5, 0.6) is 0 Å². The van der Waals surface area contributed by atoms with Gasteiger partial charge in [-0.1, -0.05) is 23.4 Å². The quantitative estimate of drug-likeness (QED) is 0.759. The summed E-state index contributed by atoms with van der Waals surface area (Å²) in [4.78, 5) is 17.7. The molecule has 1 aromatic heterocycles. The zero-order chi connectivity index (χ0) is 15.2. The van der Waals surface area contributed by atoms with Crippen molar-refractivity contribution in [3.05, 3.63) is 36.2 Å². The first-order valence-corrected chi connectivity index (χ1v) is 6.79. The number of nitrogens with zero attached hydrogens (tertiary/aromatic N) is 3. The van der Waals surface area contributed by atoms with E-state index in [9.17, 15) is 4.79 Å². The van der Waals surface area contributed by atoms with Crippen molar-refractivity contribution >= 4 is 5.97 Å². The number of methoxy groups -OCH3 is 1. The van der Waals surface area contributed by atoms with E-state index in [-0.39, 0.29) is 18.6 Å². The molecular formula is C15H19N3O3. The van der Waals surface area contributed by atoms with Crippen molar-refractivity contribution < 1.29 is 14.1 Å². The third-order valence-corrected chi connectivity index (χ3v) is 3.12. The molecule has 0 bridgehead atoms. The predicted molar refractivity (Wildman–Crippen MR) is 77.3 cm³/mol. The highest BCUT2D eigenvalue weighted by molar-refractivity contribution is 5.71. The molecule has 0 N–H and O–H groups in total. The van der Waals surface area contributed by atoms with Crippen molar-refractivity contribution in [1.29, 1.82) is 0 Å². The van der Waals surface area contributed by atoms with Crippen LogP contribution < -0.4 is 0 Å². The first-order chi connectivity index (χ1) is 10.1. The fourth-order valence-corrected chi connectivity index (χ4v) is 1.85. The number of carbonyl (C=O) groups is 1. The van der Waals surface area contributed by atoms with Gasteiger partial charge < -0.3 is 9.26 Å². The monoisotopic (exact) mass is 289 g/mol. The summed E-state index contributed by atoms with van der Waals surface area (Å²) >= 11 is 0. The number of esters is 1. The van der Waals surface area contributed by atoms with E-state index in [2.05, 4.69) is 10.1 Å². The molecule has 0 radical (unpaired) electrons. The van der Waals surface area contributed by atoms with E-state index in [1.165, 1.54) is 7.11 Å². The second kappa shape index (κ2) is 6.99. The number of hydrogen-bond acceptors (Lipinski definition) is 6. The lowest BCUT2D eigenvalue weighted by atomic mass is 10.2. The second-order valence-corrected chi connectivity index (χ2v) is 4.96. The second-order valence-electron chi connectivity index (χ2n) is 4.96. The van der Waals surface area contributed by atoms with Gasteiger partial charge in [-0.3, -0.25) is 9.69 Å². The minimum absolute atomic E-state index is 0.169. The lowest BCUT2D eigenvalue weighted by Crippen LogP contribution is -2.36. The summed E-state index contributed by atoms with van der Waals surface area (Å²) in [6, 6.07) is 9.74. The highest BCUT2D eigenvalue weighted by atomic mass is 16.5. The lowest BCUT2D eigenvalue weighted by molar-refractivity contribution is -0.142. The fraction of sp³-hybridized carbons (Fsp3) is 0.400. The summed E-state index contributed by atoms with van der Waals surface area (Å²) in [5, 5.41) is 3.97. The van der Waals surface area contributed by atoms with Gasteiger partial charge in [0.15, 0.2) is 5.82 Å². The molecule has 0 aliphatic heterocycles. The minimum atomic E-state index is -0.282. The lowest BCUT2D eigenvalue weighted by Gasteiger charge is -2.23. The van der Waals surface area contributed by atoms with Crippen molar-refractivity contribution in [3.63, 3.8) is 0 Å². The zero-order valence-electron chi connectivity index (χ0n) is 12.4. The molecule has 0 saturated heterocycles. The number of ether oxygens (including phenoxy) is 1. The van der Waals surface area contributed by atoms with Crippen LogP contribution in [0.15, 0.2) is 34.9 Å². The van der Waals surface area contributed by atoms with Crippen LogP contribution in [0.1, 0.15) is 19.7 Å². The first-order valence-electron chi connectivity index (χ1n) is 6.79. The number of aromatic nitrogens is 2. The first kappa shape index (κ1) is 15.2. The summed E-state index contributed by atoms with van der Waals surface area (Å²) in [7, 11) is 1.38. The molecule has 21 heavy (non-hydrogen) atoms. The maximum Gasteiger partial charge on any atom is 0.319 e. The van der Waals surface area contributed by atoms with Gasteiger partial charge in [-0.05, 0) is 26.0 Å². The molecule has 0 aliphatic carbocycles. The van der Waals surface area contributed by atoms with Crippen LogP contribution in [0.4, 0.5) is 0 Å². The molecule has 0 aliphatic rings. The Balaban J connectivity index is 2.08. The summed E-state index contributed by atoms with van der Waals surface area (Å²) in [6.45, 7) is 4.63. The molecule has 1 heterocycles. The summed E-state index contributed by atoms with van der Waals surface area (Å²) in [5.74, 6) is 0.745. The van der Waals surface area contributed by atoms with E-state index in [1.54, 1.807) is 0 Å². The highest BCUT2D eigenvalue weighted by Crippen LogP contribution is 2.17. The average molecular weight is 289 g/mol. The number of hydrogen-bond donors (Lipinski definition) is 0. The topological polar surface area (TPSA) is 68.5 Å². The molecule has 0 fully saturated rings. The molecule has 1 aromatic carbocycles.